The second-order valence-electron chi connectivity index (χ2n) is 2.89. The standard InChI is InChI=1S/C8H11N5O/c1-2-13-8(9-6-11-13)5-12-4-7(14)3-10-12/h3-4,6,14H,2,5H2,1H3. The third-order valence-electron chi connectivity index (χ3n) is 1.92. The van der Waals surface area contributed by atoms with Crippen molar-refractivity contribution in [2.45, 2.75) is 20.0 Å². The number of nitrogens with zero attached hydrogens (tertiary/aromatic N) is 5. The minimum absolute atomic E-state index is 0.160. The molecule has 2 heterocycles. The first-order chi connectivity index (χ1) is 6.79. The predicted octanol–water partition coefficient (Wildman–Crippen LogP) is 0.248. The van der Waals surface area contributed by atoms with Crippen LogP contribution < -0.4 is 0 Å². The molecule has 1 N–H and O–H groups in total. The summed E-state index contributed by atoms with van der Waals surface area (Å²) in [7, 11) is 0. The molecule has 0 spiro atoms. The molecule has 2 aromatic heterocycles. The Hall–Kier alpha value is -1.85. The van der Waals surface area contributed by atoms with Gasteiger partial charge in [0.15, 0.2) is 5.75 Å². The highest BCUT2D eigenvalue weighted by Crippen LogP contribution is 2.06. The second kappa shape index (κ2) is 3.49. The molecule has 0 aromatic carbocycles. The first-order valence-corrected chi connectivity index (χ1v) is 4.37. The molecule has 0 aliphatic carbocycles. The second-order valence-corrected chi connectivity index (χ2v) is 2.89. The van der Waals surface area contributed by atoms with Crippen molar-refractivity contribution in [2.75, 3.05) is 0 Å². The molecule has 0 aliphatic rings. The average Bonchev–Trinajstić information content (AvgIpc) is 2.76. The minimum atomic E-state index is 0.160. The number of rotatable bonds is 3. The van der Waals surface area contributed by atoms with E-state index in [0.29, 0.717) is 6.54 Å². The summed E-state index contributed by atoms with van der Waals surface area (Å²) in [6.45, 7) is 3.30. The van der Waals surface area contributed by atoms with Gasteiger partial charge in [-0.1, -0.05) is 0 Å². The lowest BCUT2D eigenvalue weighted by molar-refractivity contribution is 0.473. The molecule has 2 rings (SSSR count). The maximum absolute atomic E-state index is 9.08. The molecule has 0 atom stereocenters. The van der Waals surface area contributed by atoms with Crippen LogP contribution in [0.15, 0.2) is 18.7 Å². The van der Waals surface area contributed by atoms with E-state index in [9.17, 15) is 0 Å². The fourth-order valence-electron chi connectivity index (χ4n) is 1.26. The zero-order chi connectivity index (χ0) is 9.97. The fourth-order valence-corrected chi connectivity index (χ4v) is 1.26. The molecule has 14 heavy (non-hydrogen) atoms. The number of hydrogen-bond donors (Lipinski definition) is 1. The van der Waals surface area contributed by atoms with Crippen molar-refractivity contribution >= 4 is 0 Å². The van der Waals surface area contributed by atoms with Gasteiger partial charge >= 0.3 is 0 Å². The average molecular weight is 193 g/mol. The lowest BCUT2D eigenvalue weighted by atomic mass is 10.5. The van der Waals surface area contributed by atoms with Crippen LogP contribution in [-0.4, -0.2) is 29.7 Å². The first kappa shape index (κ1) is 8.74. The Morgan fingerprint density at radius 3 is 2.93 bits per heavy atom. The Kier molecular flexibility index (Phi) is 2.18. The molecule has 74 valence electrons. The molecule has 0 aliphatic heterocycles. The summed E-state index contributed by atoms with van der Waals surface area (Å²) in [6.07, 6.45) is 4.46. The van der Waals surface area contributed by atoms with Gasteiger partial charge in [-0.25, -0.2) is 9.67 Å². The molecule has 6 nitrogen and oxygen atoms in total. The third-order valence-corrected chi connectivity index (χ3v) is 1.92. The van der Waals surface area contributed by atoms with Crippen LogP contribution in [0.5, 0.6) is 5.75 Å². The van der Waals surface area contributed by atoms with Crippen LogP contribution in [0, 0.1) is 0 Å². The van der Waals surface area contributed by atoms with Gasteiger partial charge in [0.2, 0.25) is 0 Å². The summed E-state index contributed by atoms with van der Waals surface area (Å²) in [6, 6.07) is 0. The first-order valence-electron chi connectivity index (χ1n) is 4.37. The number of aryl methyl sites for hydroxylation is 1. The molecule has 2 aromatic rings. The van der Waals surface area contributed by atoms with Crippen LogP contribution in [0.1, 0.15) is 12.7 Å². The van der Waals surface area contributed by atoms with Crippen molar-refractivity contribution in [3.05, 3.63) is 24.5 Å². The highest BCUT2D eigenvalue weighted by Gasteiger charge is 2.04. The molecule has 0 bridgehead atoms. The third kappa shape index (κ3) is 1.59. The molecule has 0 fully saturated rings. The molecular weight excluding hydrogens is 182 g/mol. The summed E-state index contributed by atoms with van der Waals surface area (Å²) in [5, 5.41) is 17.1. The van der Waals surface area contributed by atoms with Crippen LogP contribution in [0.3, 0.4) is 0 Å². The molecule has 0 saturated carbocycles. The zero-order valence-corrected chi connectivity index (χ0v) is 7.83. The summed E-state index contributed by atoms with van der Waals surface area (Å²) in [5.41, 5.74) is 0. The van der Waals surface area contributed by atoms with Crippen molar-refractivity contribution in [3.8, 4) is 5.75 Å². The highest BCUT2D eigenvalue weighted by atomic mass is 16.3. The summed E-state index contributed by atoms with van der Waals surface area (Å²) in [5.74, 6) is 0.989. The van der Waals surface area contributed by atoms with E-state index in [1.54, 1.807) is 15.6 Å². The van der Waals surface area contributed by atoms with E-state index in [0.717, 1.165) is 12.4 Å². The van der Waals surface area contributed by atoms with Crippen LogP contribution in [0.25, 0.3) is 0 Å². The van der Waals surface area contributed by atoms with E-state index < -0.39 is 0 Å². The topological polar surface area (TPSA) is 68.8 Å². The lowest BCUT2D eigenvalue weighted by Crippen LogP contribution is -2.09. The zero-order valence-electron chi connectivity index (χ0n) is 7.83. The maximum Gasteiger partial charge on any atom is 0.153 e. The van der Waals surface area contributed by atoms with Crippen LogP contribution >= 0.6 is 0 Å². The van der Waals surface area contributed by atoms with E-state index in [1.807, 2.05) is 6.92 Å². The summed E-state index contributed by atoms with van der Waals surface area (Å²) in [4.78, 5) is 4.10. The molecular formula is C8H11N5O. The van der Waals surface area contributed by atoms with Crippen LogP contribution in [0.2, 0.25) is 0 Å². The normalized spacial score (nSPS) is 10.6. The van der Waals surface area contributed by atoms with E-state index in [2.05, 4.69) is 15.2 Å². The fraction of sp³-hybridized carbons (Fsp3) is 0.375. The van der Waals surface area contributed by atoms with Gasteiger partial charge in [-0.2, -0.15) is 10.2 Å². The Labute approximate surface area is 80.8 Å². The van der Waals surface area contributed by atoms with E-state index >= 15 is 0 Å². The van der Waals surface area contributed by atoms with Crippen LogP contribution in [-0.2, 0) is 13.1 Å². The van der Waals surface area contributed by atoms with Gasteiger partial charge in [-0.05, 0) is 6.92 Å². The van der Waals surface area contributed by atoms with E-state index in [1.165, 1.54) is 12.5 Å². The predicted molar refractivity (Wildman–Crippen MR) is 48.7 cm³/mol. The monoisotopic (exact) mass is 193 g/mol. The smallest absolute Gasteiger partial charge is 0.153 e. The number of aromatic nitrogens is 5. The quantitative estimate of drug-likeness (QED) is 0.758. The SMILES string of the molecule is CCn1ncnc1Cn1cc(O)cn1. The van der Waals surface area contributed by atoms with Crippen molar-refractivity contribution in [3.63, 3.8) is 0 Å². The van der Waals surface area contributed by atoms with Crippen LogP contribution in [0.4, 0.5) is 0 Å². The van der Waals surface area contributed by atoms with Gasteiger partial charge in [-0.3, -0.25) is 4.68 Å². The van der Waals surface area contributed by atoms with Crippen molar-refractivity contribution < 1.29 is 5.11 Å². The van der Waals surface area contributed by atoms with Gasteiger partial charge < -0.3 is 5.11 Å². The highest BCUT2D eigenvalue weighted by molar-refractivity contribution is 5.09. The largest absolute Gasteiger partial charge is 0.505 e. The number of hydrogen-bond acceptors (Lipinski definition) is 4. The lowest BCUT2D eigenvalue weighted by Gasteiger charge is -2.02. The Bertz CT molecular complexity index is 419. The van der Waals surface area contributed by atoms with Gasteiger partial charge in [0.25, 0.3) is 0 Å². The molecule has 0 unspecified atom stereocenters. The van der Waals surface area contributed by atoms with Gasteiger partial charge in [0, 0.05) is 6.54 Å². The molecule has 0 radical (unpaired) electrons. The maximum atomic E-state index is 9.08. The molecule has 0 amide bonds. The molecule has 0 saturated heterocycles. The van der Waals surface area contributed by atoms with Crippen molar-refractivity contribution in [2.24, 2.45) is 0 Å². The summed E-state index contributed by atoms with van der Waals surface area (Å²) >= 11 is 0. The molecule has 6 heteroatoms. The Balaban J connectivity index is 2.18. The van der Waals surface area contributed by atoms with E-state index in [4.69, 9.17) is 5.11 Å². The van der Waals surface area contributed by atoms with Crippen molar-refractivity contribution in [1.29, 1.82) is 0 Å². The Morgan fingerprint density at radius 2 is 2.29 bits per heavy atom. The van der Waals surface area contributed by atoms with Gasteiger partial charge in [0.05, 0.1) is 12.4 Å². The summed E-state index contributed by atoms with van der Waals surface area (Å²) < 4.78 is 3.41. The minimum Gasteiger partial charge on any atom is -0.505 e. The van der Waals surface area contributed by atoms with Crippen molar-refractivity contribution in [1.82, 2.24) is 24.5 Å². The van der Waals surface area contributed by atoms with Gasteiger partial charge in [-0.15, -0.1) is 0 Å². The van der Waals surface area contributed by atoms with Gasteiger partial charge in [0.1, 0.15) is 18.7 Å². The number of aromatic hydroxyl groups is 1. The van der Waals surface area contributed by atoms with E-state index in [-0.39, 0.29) is 5.75 Å². The Morgan fingerprint density at radius 1 is 1.43 bits per heavy atom.